The zero-order valence-electron chi connectivity index (χ0n) is 16.9. The molecule has 2 aromatic heterocycles. The molecular formula is C23H20N4O3S. The number of fused-ring (bicyclic) bond motifs is 3. The highest BCUT2D eigenvalue weighted by Crippen LogP contribution is 2.31. The van der Waals surface area contributed by atoms with Gasteiger partial charge in [-0.05, 0) is 48.4 Å². The van der Waals surface area contributed by atoms with Crippen molar-refractivity contribution >= 4 is 26.7 Å². The molecule has 4 aromatic rings. The van der Waals surface area contributed by atoms with Gasteiger partial charge in [0.05, 0.1) is 40.4 Å². The quantitative estimate of drug-likeness (QED) is 0.495. The standard InChI is InChI=1S/C23H20N4O3S/c1-16-13-22(27-21-8-3-2-7-20(21)25-23(27)19(16)15-24)17-5-4-6-18(14-17)31(28,29)26-9-11-30-12-10-26/h2-8,13-14H,9-12H2,1H3. The van der Waals surface area contributed by atoms with Gasteiger partial charge in [-0.2, -0.15) is 9.57 Å². The Bertz CT molecular complexity index is 1460. The predicted molar refractivity (Wildman–Crippen MR) is 117 cm³/mol. The fraction of sp³-hybridized carbons (Fsp3) is 0.217. The van der Waals surface area contributed by atoms with E-state index in [9.17, 15) is 13.7 Å². The van der Waals surface area contributed by atoms with Crippen molar-refractivity contribution in [1.82, 2.24) is 13.7 Å². The van der Waals surface area contributed by atoms with Gasteiger partial charge in [-0.3, -0.25) is 4.40 Å². The fourth-order valence-corrected chi connectivity index (χ4v) is 5.51. The number of sulfonamides is 1. The number of pyridine rings is 1. The van der Waals surface area contributed by atoms with Crippen molar-refractivity contribution in [3.05, 3.63) is 65.7 Å². The lowest BCUT2D eigenvalue weighted by atomic mass is 10.1. The molecule has 0 radical (unpaired) electrons. The summed E-state index contributed by atoms with van der Waals surface area (Å²) in [5.41, 5.74) is 5.06. The minimum Gasteiger partial charge on any atom is -0.379 e. The predicted octanol–water partition coefficient (Wildman–Crippen LogP) is 3.36. The summed E-state index contributed by atoms with van der Waals surface area (Å²) in [4.78, 5) is 4.92. The molecule has 2 aromatic carbocycles. The first-order valence-electron chi connectivity index (χ1n) is 10.00. The molecule has 0 amide bonds. The molecule has 1 saturated heterocycles. The summed E-state index contributed by atoms with van der Waals surface area (Å²) in [5, 5.41) is 9.70. The average Bonchev–Trinajstić information content (AvgIpc) is 3.18. The number of nitrogens with zero attached hydrogens (tertiary/aromatic N) is 4. The molecule has 5 rings (SSSR count). The van der Waals surface area contributed by atoms with E-state index in [2.05, 4.69) is 11.1 Å². The molecule has 0 unspecified atom stereocenters. The number of benzene rings is 2. The van der Waals surface area contributed by atoms with E-state index in [0.29, 0.717) is 37.5 Å². The van der Waals surface area contributed by atoms with Crippen molar-refractivity contribution < 1.29 is 13.2 Å². The molecule has 0 spiro atoms. The number of hydrogen-bond donors (Lipinski definition) is 0. The number of para-hydroxylation sites is 2. The maximum Gasteiger partial charge on any atom is 0.243 e. The summed E-state index contributed by atoms with van der Waals surface area (Å²) in [6.45, 7) is 3.36. The van der Waals surface area contributed by atoms with E-state index >= 15 is 0 Å². The molecule has 0 N–H and O–H groups in total. The third-order valence-corrected chi connectivity index (χ3v) is 7.52. The van der Waals surface area contributed by atoms with E-state index in [0.717, 1.165) is 27.9 Å². The Kier molecular flexibility index (Phi) is 4.74. The molecule has 31 heavy (non-hydrogen) atoms. The van der Waals surface area contributed by atoms with Gasteiger partial charge in [0.1, 0.15) is 6.07 Å². The van der Waals surface area contributed by atoms with Crippen LogP contribution in [0.25, 0.3) is 27.9 Å². The number of ether oxygens (including phenoxy) is 1. The Labute approximate surface area is 180 Å². The van der Waals surface area contributed by atoms with Crippen LogP contribution >= 0.6 is 0 Å². The van der Waals surface area contributed by atoms with Crippen LogP contribution in [-0.2, 0) is 14.8 Å². The molecular weight excluding hydrogens is 412 g/mol. The molecule has 0 atom stereocenters. The number of aromatic nitrogens is 2. The normalized spacial score (nSPS) is 15.4. The minimum absolute atomic E-state index is 0.242. The largest absolute Gasteiger partial charge is 0.379 e. The highest BCUT2D eigenvalue weighted by molar-refractivity contribution is 7.89. The number of nitriles is 1. The van der Waals surface area contributed by atoms with Gasteiger partial charge < -0.3 is 4.74 Å². The second kappa shape index (κ2) is 7.46. The SMILES string of the molecule is Cc1cc(-c2cccc(S(=O)(=O)N3CCOCC3)c2)n2c(nc3ccccc32)c1C#N. The van der Waals surface area contributed by atoms with E-state index in [1.54, 1.807) is 18.2 Å². The van der Waals surface area contributed by atoms with Gasteiger partial charge in [0.2, 0.25) is 10.0 Å². The van der Waals surface area contributed by atoms with Crippen molar-refractivity contribution in [3.8, 4) is 17.3 Å². The van der Waals surface area contributed by atoms with Crippen LogP contribution in [0.2, 0.25) is 0 Å². The monoisotopic (exact) mass is 432 g/mol. The number of morpholine rings is 1. The van der Waals surface area contributed by atoms with Gasteiger partial charge in [0.25, 0.3) is 0 Å². The van der Waals surface area contributed by atoms with E-state index in [1.165, 1.54) is 4.31 Å². The van der Waals surface area contributed by atoms with Crippen LogP contribution in [0.4, 0.5) is 0 Å². The summed E-state index contributed by atoms with van der Waals surface area (Å²) in [6.07, 6.45) is 0. The van der Waals surface area contributed by atoms with Crippen LogP contribution in [0.1, 0.15) is 11.1 Å². The van der Waals surface area contributed by atoms with Crippen molar-refractivity contribution in [2.75, 3.05) is 26.3 Å². The summed E-state index contributed by atoms with van der Waals surface area (Å²) in [6, 6.07) is 18.8. The van der Waals surface area contributed by atoms with E-state index in [1.807, 2.05) is 47.7 Å². The highest BCUT2D eigenvalue weighted by Gasteiger charge is 2.27. The summed E-state index contributed by atoms with van der Waals surface area (Å²) in [5.74, 6) is 0. The van der Waals surface area contributed by atoms with Gasteiger partial charge in [0.15, 0.2) is 5.65 Å². The molecule has 1 aliphatic rings. The summed E-state index contributed by atoms with van der Waals surface area (Å²) >= 11 is 0. The molecule has 0 saturated carbocycles. The highest BCUT2D eigenvalue weighted by atomic mass is 32.2. The van der Waals surface area contributed by atoms with Crippen molar-refractivity contribution in [2.45, 2.75) is 11.8 Å². The Morgan fingerprint density at radius 2 is 1.84 bits per heavy atom. The lowest BCUT2D eigenvalue weighted by molar-refractivity contribution is 0.0730. The molecule has 0 aliphatic carbocycles. The molecule has 156 valence electrons. The van der Waals surface area contributed by atoms with Crippen molar-refractivity contribution in [2.24, 2.45) is 0 Å². The average molecular weight is 433 g/mol. The Morgan fingerprint density at radius 3 is 2.61 bits per heavy atom. The Balaban J connectivity index is 1.74. The van der Waals surface area contributed by atoms with Crippen LogP contribution in [0, 0.1) is 18.3 Å². The molecule has 1 fully saturated rings. The summed E-state index contributed by atoms with van der Waals surface area (Å²) in [7, 11) is -3.62. The minimum atomic E-state index is -3.62. The third kappa shape index (κ3) is 3.18. The van der Waals surface area contributed by atoms with Crippen LogP contribution < -0.4 is 0 Å². The molecule has 8 heteroatoms. The number of imidazole rings is 1. The first-order valence-corrected chi connectivity index (χ1v) is 11.4. The number of hydrogen-bond acceptors (Lipinski definition) is 5. The maximum absolute atomic E-state index is 13.2. The number of rotatable bonds is 3. The van der Waals surface area contributed by atoms with Gasteiger partial charge in [-0.15, -0.1) is 0 Å². The lowest BCUT2D eigenvalue weighted by Crippen LogP contribution is -2.40. The number of aryl methyl sites for hydroxylation is 1. The molecule has 3 heterocycles. The van der Waals surface area contributed by atoms with Crippen LogP contribution in [0.3, 0.4) is 0 Å². The van der Waals surface area contributed by atoms with Crippen LogP contribution in [0.5, 0.6) is 0 Å². The maximum atomic E-state index is 13.2. The Hall–Kier alpha value is -3.25. The fourth-order valence-electron chi connectivity index (χ4n) is 4.06. The van der Waals surface area contributed by atoms with Crippen molar-refractivity contribution in [1.29, 1.82) is 5.26 Å². The molecule has 1 aliphatic heterocycles. The first kappa shape index (κ1) is 19.7. The van der Waals surface area contributed by atoms with E-state index in [4.69, 9.17) is 4.74 Å². The smallest absolute Gasteiger partial charge is 0.243 e. The Morgan fingerprint density at radius 1 is 1.06 bits per heavy atom. The van der Waals surface area contributed by atoms with E-state index < -0.39 is 10.0 Å². The van der Waals surface area contributed by atoms with Crippen LogP contribution in [0.15, 0.2) is 59.5 Å². The first-order chi connectivity index (χ1) is 15.0. The zero-order chi connectivity index (χ0) is 21.6. The van der Waals surface area contributed by atoms with Gasteiger partial charge in [-0.1, -0.05) is 24.3 Å². The van der Waals surface area contributed by atoms with Gasteiger partial charge in [-0.25, -0.2) is 13.4 Å². The third-order valence-electron chi connectivity index (χ3n) is 5.62. The topological polar surface area (TPSA) is 87.7 Å². The van der Waals surface area contributed by atoms with Gasteiger partial charge in [0, 0.05) is 13.1 Å². The second-order valence-electron chi connectivity index (χ2n) is 7.50. The van der Waals surface area contributed by atoms with Crippen molar-refractivity contribution in [3.63, 3.8) is 0 Å². The van der Waals surface area contributed by atoms with Gasteiger partial charge >= 0.3 is 0 Å². The lowest BCUT2D eigenvalue weighted by Gasteiger charge is -2.26. The second-order valence-corrected chi connectivity index (χ2v) is 9.44. The van der Waals surface area contributed by atoms with E-state index in [-0.39, 0.29) is 4.90 Å². The summed E-state index contributed by atoms with van der Waals surface area (Å²) < 4.78 is 35.0. The molecule has 0 bridgehead atoms. The zero-order valence-corrected chi connectivity index (χ0v) is 17.8. The molecule has 7 nitrogen and oxygen atoms in total. The van der Waals surface area contributed by atoms with Crippen LogP contribution in [-0.4, -0.2) is 48.4 Å².